The van der Waals surface area contributed by atoms with Crippen LogP contribution in [0.3, 0.4) is 0 Å². The SMILES string of the molecule is CC(=O)N1c2ccccc2C2(O)N=C(c3ccccc3)SC12. The molecule has 2 aromatic rings. The maximum absolute atomic E-state index is 12.1. The van der Waals surface area contributed by atoms with E-state index in [1.807, 2.05) is 54.6 Å². The van der Waals surface area contributed by atoms with Crippen LogP contribution in [0.25, 0.3) is 0 Å². The fourth-order valence-electron chi connectivity index (χ4n) is 3.02. The number of aliphatic hydroxyl groups is 1. The molecule has 5 heteroatoms. The zero-order valence-corrected chi connectivity index (χ0v) is 12.7. The second-order valence-corrected chi connectivity index (χ2v) is 6.45. The molecule has 0 radical (unpaired) electrons. The Balaban J connectivity index is 1.86. The second-order valence-electron chi connectivity index (χ2n) is 5.39. The van der Waals surface area contributed by atoms with E-state index in [2.05, 4.69) is 4.99 Å². The highest BCUT2D eigenvalue weighted by atomic mass is 32.2. The van der Waals surface area contributed by atoms with E-state index in [0.29, 0.717) is 5.56 Å². The van der Waals surface area contributed by atoms with Gasteiger partial charge in [0.25, 0.3) is 0 Å². The van der Waals surface area contributed by atoms with E-state index in [1.54, 1.807) is 4.90 Å². The molecule has 0 bridgehead atoms. The molecule has 22 heavy (non-hydrogen) atoms. The van der Waals surface area contributed by atoms with Gasteiger partial charge in [0.1, 0.15) is 10.4 Å². The van der Waals surface area contributed by atoms with Crippen molar-refractivity contribution in [3.63, 3.8) is 0 Å². The van der Waals surface area contributed by atoms with Crippen LogP contribution in [0.1, 0.15) is 18.1 Å². The highest BCUT2D eigenvalue weighted by Gasteiger charge is 2.56. The van der Waals surface area contributed by atoms with Gasteiger partial charge in [0.15, 0.2) is 0 Å². The molecule has 0 saturated carbocycles. The fraction of sp³-hybridized carbons (Fsp3) is 0.176. The number of hydrogen-bond donors (Lipinski definition) is 1. The summed E-state index contributed by atoms with van der Waals surface area (Å²) in [6, 6.07) is 17.1. The van der Waals surface area contributed by atoms with Gasteiger partial charge in [0.2, 0.25) is 11.6 Å². The van der Waals surface area contributed by atoms with Crippen molar-refractivity contribution in [1.82, 2.24) is 0 Å². The summed E-state index contributed by atoms with van der Waals surface area (Å²) in [6.07, 6.45) is 0. The van der Waals surface area contributed by atoms with Gasteiger partial charge < -0.3 is 5.11 Å². The standard InChI is InChI=1S/C17H14N2O2S/c1-11(20)19-14-10-6-5-9-13(14)17(21)16(19)22-15(18-17)12-7-3-2-4-8-12/h2-10,16,21H,1H3. The van der Waals surface area contributed by atoms with E-state index in [9.17, 15) is 9.90 Å². The third-order valence-corrected chi connectivity index (χ3v) is 5.31. The number of benzene rings is 2. The number of aliphatic imine (C=N–C) groups is 1. The van der Waals surface area contributed by atoms with Crippen molar-refractivity contribution in [1.29, 1.82) is 0 Å². The predicted octanol–water partition coefficient (Wildman–Crippen LogP) is 2.72. The Morgan fingerprint density at radius 3 is 2.59 bits per heavy atom. The molecular weight excluding hydrogens is 296 g/mol. The summed E-state index contributed by atoms with van der Waals surface area (Å²) in [4.78, 5) is 18.3. The van der Waals surface area contributed by atoms with Gasteiger partial charge in [0.05, 0.1) is 5.69 Å². The molecule has 2 aliphatic heterocycles. The van der Waals surface area contributed by atoms with Crippen molar-refractivity contribution in [3.05, 3.63) is 65.7 Å². The normalized spacial score (nSPS) is 25.6. The smallest absolute Gasteiger partial charge is 0.225 e. The average molecular weight is 310 g/mol. The molecule has 1 amide bonds. The summed E-state index contributed by atoms with van der Waals surface area (Å²) in [5.74, 6) is -0.0922. The van der Waals surface area contributed by atoms with Gasteiger partial charge in [-0.2, -0.15) is 0 Å². The first-order chi connectivity index (χ1) is 10.6. The minimum Gasteiger partial charge on any atom is -0.363 e. The Bertz CT molecular complexity index is 790. The van der Waals surface area contributed by atoms with Crippen molar-refractivity contribution in [2.75, 3.05) is 4.90 Å². The molecular formula is C17H14N2O2S. The largest absolute Gasteiger partial charge is 0.363 e. The molecule has 1 N–H and O–H groups in total. The van der Waals surface area contributed by atoms with E-state index < -0.39 is 11.1 Å². The molecule has 110 valence electrons. The molecule has 0 spiro atoms. The lowest BCUT2D eigenvalue weighted by atomic mass is 10.1. The number of anilines is 1. The number of amides is 1. The molecule has 0 aliphatic carbocycles. The van der Waals surface area contributed by atoms with Gasteiger partial charge in [-0.3, -0.25) is 9.69 Å². The van der Waals surface area contributed by atoms with Crippen LogP contribution in [0.15, 0.2) is 59.6 Å². The lowest BCUT2D eigenvalue weighted by Crippen LogP contribution is -2.41. The Labute approximate surface area is 132 Å². The molecule has 2 aliphatic rings. The van der Waals surface area contributed by atoms with E-state index in [4.69, 9.17) is 0 Å². The minimum absolute atomic E-state index is 0.0922. The number of nitrogens with zero attached hydrogens (tertiary/aromatic N) is 2. The quantitative estimate of drug-likeness (QED) is 0.881. The van der Waals surface area contributed by atoms with Crippen LogP contribution in [-0.2, 0) is 10.5 Å². The van der Waals surface area contributed by atoms with E-state index in [-0.39, 0.29) is 5.91 Å². The number of fused-ring (bicyclic) bond motifs is 3. The first kappa shape index (κ1) is 13.5. The molecule has 2 unspecified atom stereocenters. The zero-order valence-electron chi connectivity index (χ0n) is 11.9. The third-order valence-electron chi connectivity index (χ3n) is 3.99. The van der Waals surface area contributed by atoms with E-state index in [0.717, 1.165) is 16.3 Å². The monoisotopic (exact) mass is 310 g/mol. The topological polar surface area (TPSA) is 52.9 Å². The second kappa shape index (κ2) is 4.69. The van der Waals surface area contributed by atoms with Crippen LogP contribution in [0, 0.1) is 0 Å². The summed E-state index contributed by atoms with van der Waals surface area (Å²) in [5.41, 5.74) is 1.01. The number of carbonyl (C=O) groups excluding carboxylic acids is 1. The van der Waals surface area contributed by atoms with Crippen molar-refractivity contribution in [3.8, 4) is 0 Å². The number of rotatable bonds is 1. The number of carbonyl (C=O) groups is 1. The van der Waals surface area contributed by atoms with Crippen LogP contribution in [-0.4, -0.2) is 21.4 Å². The molecule has 2 atom stereocenters. The van der Waals surface area contributed by atoms with Crippen LogP contribution in [0.4, 0.5) is 5.69 Å². The van der Waals surface area contributed by atoms with Gasteiger partial charge in [-0.05, 0) is 6.07 Å². The molecule has 0 aromatic heterocycles. The van der Waals surface area contributed by atoms with Gasteiger partial charge >= 0.3 is 0 Å². The minimum atomic E-state index is -1.38. The first-order valence-corrected chi connectivity index (χ1v) is 7.93. The van der Waals surface area contributed by atoms with Gasteiger partial charge in [-0.15, -0.1) is 0 Å². The number of hydrogen-bond acceptors (Lipinski definition) is 4. The maximum Gasteiger partial charge on any atom is 0.225 e. The summed E-state index contributed by atoms with van der Waals surface area (Å²) >= 11 is 1.43. The third kappa shape index (κ3) is 1.76. The maximum atomic E-state index is 12.1. The van der Waals surface area contributed by atoms with Crippen LogP contribution in [0.5, 0.6) is 0 Å². The Morgan fingerprint density at radius 2 is 1.86 bits per heavy atom. The summed E-state index contributed by atoms with van der Waals surface area (Å²) in [5, 5.41) is 11.4. The number of thioether (sulfide) groups is 1. The average Bonchev–Trinajstić information content (AvgIpc) is 2.98. The Kier molecular flexibility index (Phi) is 2.89. The van der Waals surface area contributed by atoms with Crippen molar-refractivity contribution >= 4 is 28.4 Å². The van der Waals surface area contributed by atoms with E-state index in [1.165, 1.54) is 18.7 Å². The summed E-state index contributed by atoms with van der Waals surface area (Å²) < 4.78 is 0. The summed E-state index contributed by atoms with van der Waals surface area (Å²) in [6.45, 7) is 1.52. The summed E-state index contributed by atoms with van der Waals surface area (Å²) in [7, 11) is 0. The van der Waals surface area contributed by atoms with E-state index >= 15 is 0 Å². The van der Waals surface area contributed by atoms with Gasteiger partial charge in [0, 0.05) is 18.1 Å². The highest BCUT2D eigenvalue weighted by molar-refractivity contribution is 8.15. The fourth-order valence-corrected chi connectivity index (χ4v) is 4.41. The molecule has 0 saturated heterocycles. The Morgan fingerprint density at radius 1 is 1.18 bits per heavy atom. The van der Waals surface area contributed by atoms with Crippen LogP contribution in [0.2, 0.25) is 0 Å². The van der Waals surface area contributed by atoms with Gasteiger partial charge in [-0.25, -0.2) is 4.99 Å². The molecule has 4 nitrogen and oxygen atoms in total. The van der Waals surface area contributed by atoms with Crippen molar-refractivity contribution in [2.45, 2.75) is 18.0 Å². The molecule has 0 fully saturated rings. The van der Waals surface area contributed by atoms with Crippen LogP contribution >= 0.6 is 11.8 Å². The lowest BCUT2D eigenvalue weighted by Gasteiger charge is -2.25. The lowest BCUT2D eigenvalue weighted by molar-refractivity contribution is -0.117. The van der Waals surface area contributed by atoms with Crippen molar-refractivity contribution in [2.24, 2.45) is 4.99 Å². The first-order valence-electron chi connectivity index (χ1n) is 7.05. The van der Waals surface area contributed by atoms with Gasteiger partial charge in [-0.1, -0.05) is 60.3 Å². The molecule has 4 rings (SSSR count). The molecule has 2 heterocycles. The highest BCUT2D eigenvalue weighted by Crippen LogP contribution is 2.53. The molecule has 2 aromatic carbocycles. The Hall–Kier alpha value is -2.11. The van der Waals surface area contributed by atoms with Crippen molar-refractivity contribution < 1.29 is 9.90 Å². The van der Waals surface area contributed by atoms with Crippen LogP contribution < -0.4 is 4.90 Å². The zero-order chi connectivity index (χ0) is 15.3. The number of para-hydroxylation sites is 1. The predicted molar refractivity (Wildman–Crippen MR) is 87.9 cm³/mol.